The van der Waals surface area contributed by atoms with Gasteiger partial charge in [-0.1, -0.05) is 32.9 Å². The Labute approximate surface area is 97.8 Å². The first kappa shape index (κ1) is 11.3. The third kappa shape index (κ3) is 1.65. The quantitative estimate of drug-likeness (QED) is 0.815. The van der Waals surface area contributed by atoms with E-state index in [1.54, 1.807) is 0 Å². The highest BCUT2D eigenvalue weighted by Crippen LogP contribution is 2.36. The highest BCUT2D eigenvalue weighted by Gasteiger charge is 2.38. The number of hydrogen-bond donors (Lipinski definition) is 2. The molecule has 2 rings (SSSR count). The summed E-state index contributed by atoms with van der Waals surface area (Å²) in [6.45, 7) is 8.70. The standard InChI is InChI=1S/C13H21N3/c1-4-13(16(5-2)6-3)14-11-9-7-8-10-12(11)15-13/h7-10,14-15H,4-6H2,1-3H3. The van der Waals surface area contributed by atoms with Gasteiger partial charge < -0.3 is 10.6 Å². The third-order valence-corrected chi connectivity index (χ3v) is 3.42. The van der Waals surface area contributed by atoms with Gasteiger partial charge in [-0.15, -0.1) is 0 Å². The van der Waals surface area contributed by atoms with Crippen molar-refractivity contribution < 1.29 is 0 Å². The van der Waals surface area contributed by atoms with Crippen molar-refractivity contribution in [3.8, 4) is 0 Å². The van der Waals surface area contributed by atoms with Gasteiger partial charge in [0, 0.05) is 6.42 Å². The molecule has 0 atom stereocenters. The van der Waals surface area contributed by atoms with E-state index in [0.29, 0.717) is 0 Å². The van der Waals surface area contributed by atoms with E-state index in [4.69, 9.17) is 0 Å². The van der Waals surface area contributed by atoms with Crippen molar-refractivity contribution in [2.24, 2.45) is 0 Å². The molecule has 0 spiro atoms. The third-order valence-electron chi connectivity index (χ3n) is 3.42. The highest BCUT2D eigenvalue weighted by atomic mass is 15.5. The second-order valence-corrected chi connectivity index (χ2v) is 4.18. The van der Waals surface area contributed by atoms with Gasteiger partial charge in [0.2, 0.25) is 0 Å². The fourth-order valence-electron chi connectivity index (χ4n) is 2.50. The maximum atomic E-state index is 3.61. The molecule has 3 heteroatoms. The molecule has 0 bridgehead atoms. The first-order valence-corrected chi connectivity index (χ1v) is 6.16. The molecular formula is C13H21N3. The molecule has 1 aromatic rings. The average Bonchev–Trinajstić information content (AvgIpc) is 2.70. The Balaban J connectivity index is 2.28. The van der Waals surface area contributed by atoms with E-state index in [2.05, 4.69) is 60.6 Å². The van der Waals surface area contributed by atoms with Crippen LogP contribution in [0.15, 0.2) is 24.3 Å². The Morgan fingerprint density at radius 1 is 1.00 bits per heavy atom. The average molecular weight is 219 g/mol. The van der Waals surface area contributed by atoms with Crippen molar-refractivity contribution in [2.45, 2.75) is 33.0 Å². The smallest absolute Gasteiger partial charge is 0.166 e. The number of anilines is 2. The topological polar surface area (TPSA) is 27.3 Å². The lowest BCUT2D eigenvalue weighted by atomic mass is 10.2. The van der Waals surface area contributed by atoms with Crippen LogP contribution in [0.25, 0.3) is 0 Å². The summed E-state index contributed by atoms with van der Waals surface area (Å²) in [5.74, 6) is -0.104. The van der Waals surface area contributed by atoms with Crippen molar-refractivity contribution >= 4 is 11.4 Å². The number of hydrogen-bond acceptors (Lipinski definition) is 3. The van der Waals surface area contributed by atoms with Gasteiger partial charge in [-0.3, -0.25) is 4.90 Å². The van der Waals surface area contributed by atoms with E-state index in [1.807, 2.05) is 0 Å². The van der Waals surface area contributed by atoms with Gasteiger partial charge in [0.1, 0.15) is 0 Å². The van der Waals surface area contributed by atoms with E-state index < -0.39 is 0 Å². The van der Waals surface area contributed by atoms with Gasteiger partial charge in [0.15, 0.2) is 5.79 Å². The number of benzene rings is 1. The predicted molar refractivity (Wildman–Crippen MR) is 69.6 cm³/mol. The minimum absolute atomic E-state index is 0.104. The van der Waals surface area contributed by atoms with Gasteiger partial charge in [-0.2, -0.15) is 0 Å². The fourth-order valence-corrected chi connectivity index (χ4v) is 2.50. The lowest BCUT2D eigenvalue weighted by Crippen LogP contribution is -2.57. The van der Waals surface area contributed by atoms with Crippen molar-refractivity contribution in [3.05, 3.63) is 24.3 Å². The summed E-state index contributed by atoms with van der Waals surface area (Å²) < 4.78 is 0. The van der Waals surface area contributed by atoms with E-state index >= 15 is 0 Å². The summed E-state index contributed by atoms with van der Waals surface area (Å²) in [6, 6.07) is 8.40. The Morgan fingerprint density at radius 3 is 1.88 bits per heavy atom. The van der Waals surface area contributed by atoms with Gasteiger partial charge in [0.05, 0.1) is 11.4 Å². The molecule has 1 aliphatic rings. The van der Waals surface area contributed by atoms with Crippen LogP contribution in [-0.2, 0) is 0 Å². The molecule has 2 N–H and O–H groups in total. The van der Waals surface area contributed by atoms with Gasteiger partial charge in [-0.25, -0.2) is 0 Å². The number of rotatable bonds is 4. The minimum atomic E-state index is -0.104. The van der Waals surface area contributed by atoms with E-state index in [1.165, 1.54) is 11.4 Å². The van der Waals surface area contributed by atoms with Crippen LogP contribution in [0, 0.1) is 0 Å². The second kappa shape index (κ2) is 4.34. The van der Waals surface area contributed by atoms with Crippen LogP contribution in [0.1, 0.15) is 27.2 Å². The van der Waals surface area contributed by atoms with Crippen molar-refractivity contribution in [3.63, 3.8) is 0 Å². The summed E-state index contributed by atoms with van der Waals surface area (Å²) in [5, 5.41) is 7.23. The fraction of sp³-hybridized carbons (Fsp3) is 0.538. The molecule has 3 nitrogen and oxygen atoms in total. The summed E-state index contributed by atoms with van der Waals surface area (Å²) in [4.78, 5) is 2.42. The largest absolute Gasteiger partial charge is 0.349 e. The second-order valence-electron chi connectivity index (χ2n) is 4.18. The number of fused-ring (bicyclic) bond motifs is 1. The Hall–Kier alpha value is -1.22. The maximum absolute atomic E-state index is 3.61. The number of para-hydroxylation sites is 2. The van der Waals surface area contributed by atoms with E-state index in [0.717, 1.165) is 19.5 Å². The summed E-state index contributed by atoms with van der Waals surface area (Å²) >= 11 is 0. The molecule has 0 radical (unpaired) electrons. The SMILES string of the molecule is CCN(CC)C1(CC)Nc2ccccc2N1. The molecule has 0 aromatic heterocycles. The van der Waals surface area contributed by atoms with Crippen molar-refractivity contribution in [1.82, 2.24) is 4.90 Å². The Morgan fingerprint density at radius 2 is 1.50 bits per heavy atom. The molecule has 1 aromatic carbocycles. The summed E-state index contributed by atoms with van der Waals surface area (Å²) in [5.41, 5.74) is 2.41. The van der Waals surface area contributed by atoms with Crippen LogP contribution in [0.4, 0.5) is 11.4 Å². The molecule has 16 heavy (non-hydrogen) atoms. The lowest BCUT2D eigenvalue weighted by Gasteiger charge is -2.40. The number of nitrogens with one attached hydrogen (secondary N) is 2. The molecular weight excluding hydrogens is 198 g/mol. The van der Waals surface area contributed by atoms with E-state index in [-0.39, 0.29) is 5.79 Å². The van der Waals surface area contributed by atoms with Crippen LogP contribution < -0.4 is 10.6 Å². The van der Waals surface area contributed by atoms with Crippen molar-refractivity contribution in [1.29, 1.82) is 0 Å². The first-order valence-electron chi connectivity index (χ1n) is 6.16. The molecule has 1 heterocycles. The summed E-state index contributed by atoms with van der Waals surface area (Å²) in [7, 11) is 0. The normalized spacial score (nSPS) is 16.8. The molecule has 0 unspecified atom stereocenters. The minimum Gasteiger partial charge on any atom is -0.349 e. The Bertz CT molecular complexity index is 333. The molecule has 88 valence electrons. The molecule has 0 amide bonds. The molecule has 0 saturated heterocycles. The zero-order valence-corrected chi connectivity index (χ0v) is 10.4. The highest BCUT2D eigenvalue weighted by molar-refractivity contribution is 5.75. The molecule has 0 saturated carbocycles. The van der Waals surface area contributed by atoms with Crippen LogP contribution in [-0.4, -0.2) is 23.8 Å². The van der Waals surface area contributed by atoms with Crippen LogP contribution >= 0.6 is 0 Å². The van der Waals surface area contributed by atoms with Gasteiger partial charge >= 0.3 is 0 Å². The Kier molecular flexibility index (Phi) is 3.06. The van der Waals surface area contributed by atoms with Crippen LogP contribution in [0.2, 0.25) is 0 Å². The monoisotopic (exact) mass is 219 g/mol. The van der Waals surface area contributed by atoms with E-state index in [9.17, 15) is 0 Å². The zero-order chi connectivity index (χ0) is 11.6. The first-order chi connectivity index (χ1) is 7.75. The van der Waals surface area contributed by atoms with Gasteiger partial charge in [0.25, 0.3) is 0 Å². The van der Waals surface area contributed by atoms with Crippen molar-refractivity contribution in [2.75, 3.05) is 23.7 Å². The number of nitrogens with zero attached hydrogens (tertiary/aromatic N) is 1. The molecule has 0 aliphatic carbocycles. The van der Waals surface area contributed by atoms with Gasteiger partial charge in [-0.05, 0) is 25.2 Å². The lowest BCUT2D eigenvalue weighted by molar-refractivity contribution is 0.152. The van der Waals surface area contributed by atoms with Crippen LogP contribution in [0.5, 0.6) is 0 Å². The zero-order valence-electron chi connectivity index (χ0n) is 10.4. The van der Waals surface area contributed by atoms with Crippen LogP contribution in [0.3, 0.4) is 0 Å². The predicted octanol–water partition coefficient (Wildman–Crippen LogP) is 2.93. The summed E-state index contributed by atoms with van der Waals surface area (Å²) in [6.07, 6.45) is 1.03. The molecule has 0 fully saturated rings. The molecule has 1 aliphatic heterocycles. The maximum Gasteiger partial charge on any atom is 0.166 e.